The van der Waals surface area contributed by atoms with E-state index < -0.39 is 0 Å². The van der Waals surface area contributed by atoms with Crippen LogP contribution in [0.15, 0.2) is 24.3 Å². The maximum Gasteiger partial charge on any atom is 0.280 e. The van der Waals surface area contributed by atoms with Gasteiger partial charge in [-0.25, -0.2) is 4.98 Å². The lowest BCUT2D eigenvalue weighted by molar-refractivity contribution is 0.0860. The highest BCUT2D eigenvalue weighted by molar-refractivity contribution is 7.13. The molecule has 5 rings (SSSR count). The second-order valence-corrected chi connectivity index (χ2v) is 10.5. The molecule has 0 saturated heterocycles. The van der Waals surface area contributed by atoms with E-state index in [1.165, 1.54) is 11.3 Å². The molecule has 2 aliphatic rings. The number of benzene rings is 1. The Morgan fingerprint density at radius 1 is 0.971 bits per heavy atom. The number of aromatic amines is 1. The lowest BCUT2D eigenvalue weighted by atomic mass is 9.90. The number of nitrogens with one attached hydrogen (secondary N) is 5. The van der Waals surface area contributed by atoms with Gasteiger partial charge in [-0.3, -0.25) is 9.59 Å². The number of carbonyl (C=O) groups excluding carboxylic acids is 2. The zero-order chi connectivity index (χ0) is 23.5. The van der Waals surface area contributed by atoms with E-state index in [-0.39, 0.29) is 23.9 Å². The number of nitrogens with zero attached hydrogens (tertiary/aromatic N) is 1. The number of fused-ring (bicyclic) bond motifs is 2. The fourth-order valence-electron chi connectivity index (χ4n) is 4.68. The minimum Gasteiger partial charge on any atom is -0.351 e. The minimum absolute atomic E-state index is 0.130. The summed E-state index contributed by atoms with van der Waals surface area (Å²) < 4.78 is 0. The molecular formula is C24H29ClN6O2S. The second-order valence-electron chi connectivity index (χ2n) is 8.95. The Morgan fingerprint density at radius 2 is 1.71 bits per heavy atom. The van der Waals surface area contributed by atoms with Gasteiger partial charge in [0.05, 0.1) is 5.69 Å². The van der Waals surface area contributed by atoms with Gasteiger partial charge in [0.1, 0.15) is 5.69 Å². The van der Waals surface area contributed by atoms with Gasteiger partial charge in [-0.05, 0) is 56.6 Å². The van der Waals surface area contributed by atoms with Gasteiger partial charge in [-0.2, -0.15) is 0 Å². The van der Waals surface area contributed by atoms with Gasteiger partial charge in [0.2, 0.25) is 0 Å². The molecule has 10 heteroatoms. The van der Waals surface area contributed by atoms with Crippen LogP contribution >= 0.6 is 22.9 Å². The molecule has 1 saturated carbocycles. The predicted molar refractivity (Wildman–Crippen MR) is 134 cm³/mol. The van der Waals surface area contributed by atoms with E-state index in [1.807, 2.05) is 18.2 Å². The van der Waals surface area contributed by atoms with Crippen molar-refractivity contribution in [1.82, 2.24) is 31.2 Å². The standard InChI is InChI=1S/C24H29ClN6O2S/c25-15-6-7-16-14(10-15)11-19(28-16)22(32)29-17-4-1-2-5-18(17)30-23(33)24-31-20-12-26-8-3-9-27-13-21(20)34-24/h6-7,10-11,17-18,26-28H,1-5,8-9,12-13H2,(H,29,32)(H,30,33)/t17-,18+/m0/s1. The van der Waals surface area contributed by atoms with E-state index in [1.54, 1.807) is 6.07 Å². The van der Waals surface area contributed by atoms with Crippen molar-refractivity contribution in [1.29, 1.82) is 0 Å². The number of H-pyrrole nitrogens is 1. The van der Waals surface area contributed by atoms with E-state index in [0.717, 1.165) is 73.2 Å². The highest BCUT2D eigenvalue weighted by atomic mass is 35.5. The molecule has 2 aromatic heterocycles. The van der Waals surface area contributed by atoms with Crippen LogP contribution in [0.25, 0.3) is 10.9 Å². The molecule has 1 aromatic carbocycles. The summed E-state index contributed by atoms with van der Waals surface area (Å²) in [5.41, 5.74) is 2.29. The molecule has 3 heterocycles. The van der Waals surface area contributed by atoms with Gasteiger partial charge < -0.3 is 26.3 Å². The van der Waals surface area contributed by atoms with E-state index in [4.69, 9.17) is 11.6 Å². The molecular weight excluding hydrogens is 472 g/mol. The summed E-state index contributed by atoms with van der Waals surface area (Å²) in [7, 11) is 0. The number of amides is 2. The molecule has 180 valence electrons. The fourth-order valence-corrected chi connectivity index (χ4v) is 5.81. The van der Waals surface area contributed by atoms with Gasteiger partial charge in [0.15, 0.2) is 5.01 Å². The van der Waals surface area contributed by atoms with Crippen LogP contribution in [0.1, 0.15) is 63.0 Å². The van der Waals surface area contributed by atoms with Crippen LogP contribution < -0.4 is 21.3 Å². The highest BCUT2D eigenvalue weighted by Gasteiger charge is 2.30. The third-order valence-electron chi connectivity index (χ3n) is 6.48. The van der Waals surface area contributed by atoms with Crippen molar-refractivity contribution in [2.45, 2.75) is 57.3 Å². The summed E-state index contributed by atoms with van der Waals surface area (Å²) in [6, 6.07) is 7.04. The first-order valence-corrected chi connectivity index (χ1v) is 13.1. The van der Waals surface area contributed by atoms with E-state index in [9.17, 15) is 9.59 Å². The third-order valence-corrected chi connectivity index (χ3v) is 7.82. The smallest absolute Gasteiger partial charge is 0.280 e. The van der Waals surface area contributed by atoms with Crippen LogP contribution in [-0.4, -0.2) is 47.0 Å². The van der Waals surface area contributed by atoms with Gasteiger partial charge in [0.25, 0.3) is 11.8 Å². The Bertz CT molecular complexity index is 1170. The summed E-state index contributed by atoms with van der Waals surface area (Å²) >= 11 is 7.52. The predicted octanol–water partition coefficient (Wildman–Crippen LogP) is 3.33. The number of hydrogen-bond acceptors (Lipinski definition) is 6. The molecule has 1 aliphatic carbocycles. The monoisotopic (exact) mass is 500 g/mol. The van der Waals surface area contributed by atoms with E-state index >= 15 is 0 Å². The van der Waals surface area contributed by atoms with Crippen molar-refractivity contribution in [3.05, 3.63) is 50.6 Å². The fraction of sp³-hybridized carbons (Fsp3) is 0.458. The molecule has 0 radical (unpaired) electrons. The number of halogens is 1. The Morgan fingerprint density at radius 3 is 2.50 bits per heavy atom. The Balaban J connectivity index is 1.26. The molecule has 8 nitrogen and oxygen atoms in total. The molecule has 2 atom stereocenters. The molecule has 34 heavy (non-hydrogen) atoms. The Hall–Kier alpha value is -2.46. The molecule has 0 unspecified atom stereocenters. The lowest BCUT2D eigenvalue weighted by Crippen LogP contribution is -2.53. The summed E-state index contributed by atoms with van der Waals surface area (Å²) in [5.74, 6) is -0.343. The largest absolute Gasteiger partial charge is 0.351 e. The topological polar surface area (TPSA) is 111 Å². The molecule has 0 spiro atoms. The summed E-state index contributed by atoms with van der Waals surface area (Å²) in [4.78, 5) is 35.0. The van der Waals surface area contributed by atoms with Crippen LogP contribution in [0.5, 0.6) is 0 Å². The van der Waals surface area contributed by atoms with Crippen molar-refractivity contribution < 1.29 is 9.59 Å². The van der Waals surface area contributed by atoms with Gasteiger partial charge >= 0.3 is 0 Å². The zero-order valence-corrected chi connectivity index (χ0v) is 20.5. The van der Waals surface area contributed by atoms with Crippen molar-refractivity contribution in [3.8, 4) is 0 Å². The third kappa shape index (κ3) is 5.27. The molecule has 1 aliphatic heterocycles. The second kappa shape index (κ2) is 10.4. The van der Waals surface area contributed by atoms with Crippen LogP contribution in [0.3, 0.4) is 0 Å². The van der Waals surface area contributed by atoms with Gasteiger partial charge in [0, 0.05) is 46.0 Å². The first-order chi connectivity index (χ1) is 16.6. The van der Waals surface area contributed by atoms with Crippen molar-refractivity contribution >= 4 is 45.7 Å². The maximum absolute atomic E-state index is 13.1. The van der Waals surface area contributed by atoms with Gasteiger partial charge in [-0.1, -0.05) is 24.4 Å². The number of hydrogen-bond donors (Lipinski definition) is 5. The molecule has 3 aromatic rings. The van der Waals surface area contributed by atoms with Crippen LogP contribution in [0, 0.1) is 0 Å². The average molecular weight is 501 g/mol. The van der Waals surface area contributed by atoms with E-state index in [0.29, 0.717) is 22.3 Å². The first-order valence-electron chi connectivity index (χ1n) is 11.9. The van der Waals surface area contributed by atoms with Crippen molar-refractivity contribution in [2.24, 2.45) is 0 Å². The van der Waals surface area contributed by atoms with Crippen LogP contribution in [0.4, 0.5) is 0 Å². The summed E-state index contributed by atoms with van der Waals surface area (Å²) in [5, 5.41) is 15.1. The SMILES string of the molecule is O=C(N[C@H]1CCCC[C@H]1NC(=O)c1nc2c(s1)CNCCCNC2)c1cc2cc(Cl)ccc2[nH]1. The molecule has 2 amide bonds. The summed E-state index contributed by atoms with van der Waals surface area (Å²) in [6.45, 7) is 3.29. The number of thiazole rings is 1. The first kappa shape index (κ1) is 23.3. The Labute approximate surface area is 207 Å². The summed E-state index contributed by atoms with van der Waals surface area (Å²) in [6.07, 6.45) is 4.76. The van der Waals surface area contributed by atoms with Crippen LogP contribution in [0.2, 0.25) is 5.02 Å². The van der Waals surface area contributed by atoms with Crippen molar-refractivity contribution in [2.75, 3.05) is 13.1 Å². The normalized spacial score (nSPS) is 21.2. The lowest BCUT2D eigenvalue weighted by Gasteiger charge is -2.32. The molecule has 5 N–H and O–H groups in total. The highest BCUT2D eigenvalue weighted by Crippen LogP contribution is 2.24. The van der Waals surface area contributed by atoms with Crippen LogP contribution in [-0.2, 0) is 13.1 Å². The average Bonchev–Trinajstić information content (AvgIpc) is 3.44. The zero-order valence-electron chi connectivity index (χ0n) is 18.9. The quantitative estimate of drug-likeness (QED) is 0.377. The van der Waals surface area contributed by atoms with Gasteiger partial charge in [-0.15, -0.1) is 11.3 Å². The number of rotatable bonds is 4. The number of carbonyl (C=O) groups is 2. The molecule has 0 bridgehead atoms. The minimum atomic E-state index is -0.177. The number of aromatic nitrogens is 2. The maximum atomic E-state index is 13.1. The Kier molecular flexibility index (Phi) is 7.15. The molecule has 1 fully saturated rings. The van der Waals surface area contributed by atoms with Crippen molar-refractivity contribution in [3.63, 3.8) is 0 Å². The van der Waals surface area contributed by atoms with E-state index in [2.05, 4.69) is 31.2 Å².